The van der Waals surface area contributed by atoms with E-state index in [0.717, 1.165) is 17.7 Å². The number of hydrogen-bond acceptors (Lipinski definition) is 5. The Hall–Kier alpha value is -2.21. The molecule has 0 bridgehead atoms. The van der Waals surface area contributed by atoms with Crippen molar-refractivity contribution in [3.05, 3.63) is 40.1 Å². The molecular formula is C18H24N2O3S. The topological polar surface area (TPSA) is 59.6 Å². The maximum Gasteiger partial charge on any atom is 0.242 e. The molecule has 6 heteroatoms. The average Bonchev–Trinajstić information content (AvgIpc) is 3.09. The van der Waals surface area contributed by atoms with Gasteiger partial charge in [-0.3, -0.25) is 4.79 Å². The number of carbonyl (C=O) groups is 1. The second kappa shape index (κ2) is 8.59. The van der Waals surface area contributed by atoms with E-state index in [9.17, 15) is 4.79 Å². The molecule has 0 saturated carbocycles. The lowest BCUT2D eigenvalue weighted by molar-refractivity contribution is -0.121. The molecule has 0 aliphatic carbocycles. The van der Waals surface area contributed by atoms with Crippen molar-refractivity contribution in [3.63, 3.8) is 0 Å². The summed E-state index contributed by atoms with van der Waals surface area (Å²) in [6.07, 6.45) is 0.853. The predicted molar refractivity (Wildman–Crippen MR) is 98.4 cm³/mol. The third-order valence-electron chi connectivity index (χ3n) is 3.75. The van der Waals surface area contributed by atoms with Crippen molar-refractivity contribution in [1.29, 1.82) is 0 Å². The highest BCUT2D eigenvalue weighted by Crippen LogP contribution is 2.33. The zero-order chi connectivity index (χ0) is 17.5. The van der Waals surface area contributed by atoms with Gasteiger partial charge in [-0.1, -0.05) is 6.07 Å². The van der Waals surface area contributed by atoms with Crippen LogP contribution in [-0.4, -0.2) is 32.7 Å². The largest absolute Gasteiger partial charge is 0.493 e. The first-order chi connectivity index (χ1) is 11.5. The number of anilines is 1. The molecule has 24 heavy (non-hydrogen) atoms. The number of thiophene rings is 1. The van der Waals surface area contributed by atoms with Crippen molar-refractivity contribution in [2.24, 2.45) is 0 Å². The molecule has 0 radical (unpaired) electrons. The predicted octanol–water partition coefficient (Wildman–Crippen LogP) is 3.23. The molecule has 2 aromatic rings. The fourth-order valence-electron chi connectivity index (χ4n) is 2.35. The minimum atomic E-state index is -0.342. The number of nitrogens with one attached hydrogen (secondary N) is 2. The van der Waals surface area contributed by atoms with Gasteiger partial charge < -0.3 is 20.1 Å². The number of rotatable bonds is 8. The Morgan fingerprint density at radius 3 is 2.58 bits per heavy atom. The van der Waals surface area contributed by atoms with E-state index in [1.165, 1.54) is 4.88 Å². The highest BCUT2D eigenvalue weighted by molar-refractivity contribution is 7.09. The molecule has 1 aromatic carbocycles. The average molecular weight is 348 g/mol. The first-order valence-electron chi connectivity index (χ1n) is 7.84. The van der Waals surface area contributed by atoms with E-state index >= 15 is 0 Å². The van der Waals surface area contributed by atoms with E-state index in [2.05, 4.69) is 16.7 Å². The lowest BCUT2D eigenvalue weighted by Crippen LogP contribution is -2.38. The Labute approximate surface area is 147 Å². The SMILES string of the molecule is COc1cc(C)c(NC(C)C(=O)NCCc2cccs2)cc1OC. The molecule has 0 spiro atoms. The van der Waals surface area contributed by atoms with E-state index in [4.69, 9.17) is 9.47 Å². The quantitative estimate of drug-likeness (QED) is 0.769. The Kier molecular flexibility index (Phi) is 6.49. The lowest BCUT2D eigenvalue weighted by atomic mass is 10.1. The Bertz CT molecular complexity index is 671. The maximum absolute atomic E-state index is 12.2. The number of carbonyl (C=O) groups excluding carboxylic acids is 1. The highest BCUT2D eigenvalue weighted by atomic mass is 32.1. The van der Waals surface area contributed by atoms with Crippen LogP contribution in [0, 0.1) is 6.92 Å². The molecule has 1 atom stereocenters. The van der Waals surface area contributed by atoms with Gasteiger partial charge in [0.25, 0.3) is 0 Å². The van der Waals surface area contributed by atoms with Crippen LogP contribution in [0.2, 0.25) is 0 Å². The van der Waals surface area contributed by atoms with E-state index < -0.39 is 0 Å². The molecule has 130 valence electrons. The molecule has 0 aliphatic heterocycles. The van der Waals surface area contributed by atoms with Crippen molar-refractivity contribution in [3.8, 4) is 11.5 Å². The summed E-state index contributed by atoms with van der Waals surface area (Å²) < 4.78 is 10.6. The first-order valence-corrected chi connectivity index (χ1v) is 8.72. The van der Waals surface area contributed by atoms with Gasteiger partial charge in [-0.15, -0.1) is 11.3 Å². The molecule has 5 nitrogen and oxygen atoms in total. The van der Waals surface area contributed by atoms with E-state index in [1.807, 2.05) is 37.4 Å². The number of ether oxygens (including phenoxy) is 2. The molecule has 0 saturated heterocycles. The summed E-state index contributed by atoms with van der Waals surface area (Å²) in [5.74, 6) is 1.28. The van der Waals surface area contributed by atoms with Crippen LogP contribution >= 0.6 is 11.3 Å². The first kappa shape index (κ1) is 18.1. The smallest absolute Gasteiger partial charge is 0.242 e. The number of amides is 1. The third kappa shape index (κ3) is 4.64. The summed E-state index contributed by atoms with van der Waals surface area (Å²) in [5.41, 5.74) is 1.85. The van der Waals surface area contributed by atoms with Crippen LogP contribution < -0.4 is 20.1 Å². The fraction of sp³-hybridized carbons (Fsp3) is 0.389. The van der Waals surface area contributed by atoms with Crippen LogP contribution in [0.1, 0.15) is 17.4 Å². The van der Waals surface area contributed by atoms with E-state index in [0.29, 0.717) is 18.0 Å². The summed E-state index contributed by atoms with van der Waals surface area (Å²) in [6, 6.07) is 7.49. The Balaban J connectivity index is 1.93. The van der Waals surface area contributed by atoms with Crippen LogP contribution in [0.4, 0.5) is 5.69 Å². The van der Waals surface area contributed by atoms with Gasteiger partial charge in [0, 0.05) is 23.2 Å². The van der Waals surface area contributed by atoms with Crippen molar-refractivity contribution in [2.75, 3.05) is 26.1 Å². The van der Waals surface area contributed by atoms with Crippen molar-refractivity contribution in [2.45, 2.75) is 26.3 Å². The van der Waals surface area contributed by atoms with Crippen LogP contribution in [0.5, 0.6) is 11.5 Å². The highest BCUT2D eigenvalue weighted by Gasteiger charge is 2.15. The minimum Gasteiger partial charge on any atom is -0.493 e. The second-order valence-electron chi connectivity index (χ2n) is 5.51. The van der Waals surface area contributed by atoms with E-state index in [1.54, 1.807) is 25.6 Å². The summed E-state index contributed by atoms with van der Waals surface area (Å²) in [5, 5.41) is 8.24. The van der Waals surface area contributed by atoms with Gasteiger partial charge in [0.15, 0.2) is 11.5 Å². The lowest BCUT2D eigenvalue weighted by Gasteiger charge is -2.18. The van der Waals surface area contributed by atoms with Gasteiger partial charge in [0.05, 0.1) is 14.2 Å². The van der Waals surface area contributed by atoms with Crippen LogP contribution in [0.15, 0.2) is 29.6 Å². The molecule has 0 aliphatic rings. The van der Waals surface area contributed by atoms with Crippen LogP contribution in [-0.2, 0) is 11.2 Å². The zero-order valence-corrected chi connectivity index (χ0v) is 15.3. The molecule has 0 fully saturated rings. The second-order valence-corrected chi connectivity index (χ2v) is 6.54. The van der Waals surface area contributed by atoms with Crippen molar-refractivity contribution in [1.82, 2.24) is 5.32 Å². The molecule has 1 heterocycles. The van der Waals surface area contributed by atoms with E-state index in [-0.39, 0.29) is 11.9 Å². The fourth-order valence-corrected chi connectivity index (χ4v) is 3.06. The van der Waals surface area contributed by atoms with Crippen molar-refractivity contribution < 1.29 is 14.3 Å². The monoisotopic (exact) mass is 348 g/mol. The third-order valence-corrected chi connectivity index (χ3v) is 4.68. The number of methoxy groups -OCH3 is 2. The van der Waals surface area contributed by atoms with Crippen LogP contribution in [0.3, 0.4) is 0 Å². The summed E-state index contributed by atoms with van der Waals surface area (Å²) in [4.78, 5) is 13.5. The maximum atomic E-state index is 12.2. The van der Waals surface area contributed by atoms with Crippen LogP contribution in [0.25, 0.3) is 0 Å². The van der Waals surface area contributed by atoms with Gasteiger partial charge in [-0.25, -0.2) is 0 Å². The zero-order valence-electron chi connectivity index (χ0n) is 14.5. The van der Waals surface area contributed by atoms with Crippen molar-refractivity contribution >= 4 is 22.9 Å². The Morgan fingerprint density at radius 2 is 1.96 bits per heavy atom. The number of aryl methyl sites for hydroxylation is 1. The van der Waals surface area contributed by atoms with Gasteiger partial charge in [-0.05, 0) is 43.3 Å². The summed E-state index contributed by atoms with van der Waals surface area (Å²) in [6.45, 7) is 4.44. The summed E-state index contributed by atoms with van der Waals surface area (Å²) >= 11 is 1.70. The number of benzene rings is 1. The van der Waals surface area contributed by atoms with Gasteiger partial charge in [-0.2, -0.15) is 0 Å². The summed E-state index contributed by atoms with van der Waals surface area (Å²) in [7, 11) is 3.20. The molecule has 1 amide bonds. The minimum absolute atomic E-state index is 0.0271. The number of hydrogen-bond donors (Lipinski definition) is 2. The van der Waals surface area contributed by atoms with Gasteiger partial charge >= 0.3 is 0 Å². The standard InChI is InChI=1S/C18H24N2O3S/c1-12-10-16(22-3)17(23-4)11-15(12)20-13(2)18(21)19-8-7-14-6-5-9-24-14/h5-6,9-11,13,20H,7-8H2,1-4H3,(H,19,21). The molecule has 2 N–H and O–H groups in total. The van der Waals surface area contributed by atoms with Gasteiger partial charge in [0.1, 0.15) is 6.04 Å². The van der Waals surface area contributed by atoms with Gasteiger partial charge in [0.2, 0.25) is 5.91 Å². The molecule has 1 unspecified atom stereocenters. The molecule has 2 rings (SSSR count). The Morgan fingerprint density at radius 1 is 1.25 bits per heavy atom. The molecule has 1 aromatic heterocycles. The molecular weight excluding hydrogens is 324 g/mol. The normalized spacial score (nSPS) is 11.7.